The van der Waals surface area contributed by atoms with Crippen LogP contribution in [0.5, 0.6) is 0 Å². The first kappa shape index (κ1) is 18.9. The van der Waals surface area contributed by atoms with E-state index in [1.54, 1.807) is 6.33 Å². The van der Waals surface area contributed by atoms with E-state index in [2.05, 4.69) is 82.3 Å². The highest BCUT2D eigenvalue weighted by Crippen LogP contribution is 2.44. The number of rotatable bonds is 1. The number of aromatic nitrogens is 2. The highest BCUT2D eigenvalue weighted by molar-refractivity contribution is 7.27. The number of fused-ring (bicyclic) bond motifs is 6. The number of hydrogen-bond donors (Lipinski definition) is 0. The normalized spacial score (nSPS) is 12.5. The molecule has 6 aromatic rings. The molecular formula is C27H22N2S2. The molecule has 0 spiro atoms. The fraction of sp³-hybridized carbons (Fsp3) is 0.185. The van der Waals surface area contributed by atoms with Crippen LogP contribution in [0.2, 0.25) is 0 Å². The second-order valence-corrected chi connectivity index (χ2v) is 11.5. The summed E-state index contributed by atoms with van der Waals surface area (Å²) in [5.74, 6) is 0. The number of nitrogens with zero attached hydrogens (tertiary/aromatic N) is 2. The highest BCUT2D eigenvalue weighted by atomic mass is 32.1. The van der Waals surface area contributed by atoms with Crippen molar-refractivity contribution in [3.8, 4) is 11.3 Å². The van der Waals surface area contributed by atoms with Gasteiger partial charge < -0.3 is 0 Å². The first-order valence-corrected chi connectivity index (χ1v) is 12.1. The van der Waals surface area contributed by atoms with Gasteiger partial charge >= 0.3 is 0 Å². The van der Waals surface area contributed by atoms with Gasteiger partial charge in [-0.15, -0.1) is 22.7 Å². The van der Waals surface area contributed by atoms with Gasteiger partial charge in [0.05, 0.1) is 15.9 Å². The quantitative estimate of drug-likeness (QED) is 0.257. The Morgan fingerprint density at radius 3 is 2.48 bits per heavy atom. The van der Waals surface area contributed by atoms with Crippen LogP contribution in [0.15, 0.2) is 60.9 Å². The second kappa shape index (κ2) is 6.59. The standard InChI is InChI=1S/C27H22N2S2/c1-15-11-17-9-10-21-22(25(17)30-15)24-26(31-21)23(28-14-29-24)18-12-16-7-5-6-8-19(16)20(13-18)27(2,3)4/h5-14H,1-4H3. The van der Waals surface area contributed by atoms with Crippen LogP contribution in [-0.4, -0.2) is 9.97 Å². The number of benzene rings is 3. The van der Waals surface area contributed by atoms with Gasteiger partial charge in [-0.2, -0.15) is 0 Å². The van der Waals surface area contributed by atoms with E-state index in [9.17, 15) is 0 Å². The van der Waals surface area contributed by atoms with E-state index in [4.69, 9.17) is 9.97 Å². The fourth-order valence-corrected chi connectivity index (χ4v) is 6.86. The van der Waals surface area contributed by atoms with Crippen molar-refractivity contribution in [2.24, 2.45) is 0 Å². The van der Waals surface area contributed by atoms with Crippen LogP contribution in [0.25, 0.3) is 52.4 Å². The molecule has 31 heavy (non-hydrogen) atoms. The zero-order valence-electron chi connectivity index (χ0n) is 18.0. The van der Waals surface area contributed by atoms with E-state index in [1.165, 1.54) is 51.6 Å². The van der Waals surface area contributed by atoms with Crippen LogP contribution in [0.1, 0.15) is 31.2 Å². The molecule has 2 nitrogen and oxygen atoms in total. The molecule has 0 fully saturated rings. The van der Waals surface area contributed by atoms with Crippen molar-refractivity contribution in [3.05, 3.63) is 71.4 Å². The Morgan fingerprint density at radius 2 is 1.65 bits per heavy atom. The lowest BCUT2D eigenvalue weighted by molar-refractivity contribution is 0.596. The van der Waals surface area contributed by atoms with Crippen molar-refractivity contribution < 1.29 is 0 Å². The zero-order chi connectivity index (χ0) is 21.3. The molecule has 0 saturated carbocycles. The SMILES string of the molecule is Cc1cc2ccc3sc4c(-c5cc(C(C)(C)C)c6ccccc6c5)ncnc4c3c2s1. The molecule has 3 aromatic heterocycles. The Labute approximate surface area is 189 Å². The molecule has 3 heterocycles. The third kappa shape index (κ3) is 2.89. The maximum absolute atomic E-state index is 4.79. The van der Waals surface area contributed by atoms with Crippen molar-refractivity contribution >= 4 is 63.8 Å². The summed E-state index contributed by atoms with van der Waals surface area (Å²) in [4.78, 5) is 10.9. The molecule has 0 aliphatic heterocycles. The maximum atomic E-state index is 4.79. The van der Waals surface area contributed by atoms with Crippen LogP contribution in [0, 0.1) is 6.92 Å². The summed E-state index contributed by atoms with van der Waals surface area (Å²) in [7, 11) is 0. The molecule has 4 heteroatoms. The zero-order valence-corrected chi connectivity index (χ0v) is 19.6. The van der Waals surface area contributed by atoms with E-state index >= 15 is 0 Å². The van der Waals surface area contributed by atoms with Gasteiger partial charge in [-0.25, -0.2) is 9.97 Å². The Balaban J connectivity index is 1.71. The lowest BCUT2D eigenvalue weighted by Crippen LogP contribution is -2.12. The van der Waals surface area contributed by atoms with E-state index in [-0.39, 0.29) is 5.41 Å². The summed E-state index contributed by atoms with van der Waals surface area (Å²) in [6.45, 7) is 9.02. The molecule has 0 unspecified atom stereocenters. The minimum absolute atomic E-state index is 0.0442. The molecule has 152 valence electrons. The molecule has 0 bridgehead atoms. The maximum Gasteiger partial charge on any atom is 0.116 e. The van der Waals surface area contributed by atoms with Gasteiger partial charge in [0, 0.05) is 25.2 Å². The van der Waals surface area contributed by atoms with Gasteiger partial charge in [0.1, 0.15) is 6.33 Å². The van der Waals surface area contributed by atoms with Gasteiger partial charge in [-0.3, -0.25) is 0 Å². The van der Waals surface area contributed by atoms with Crippen molar-refractivity contribution in [2.45, 2.75) is 33.1 Å². The van der Waals surface area contributed by atoms with Gasteiger partial charge in [0.2, 0.25) is 0 Å². The van der Waals surface area contributed by atoms with Gasteiger partial charge in [0.15, 0.2) is 0 Å². The average molecular weight is 439 g/mol. The fourth-order valence-electron chi connectivity index (χ4n) is 4.55. The molecule has 0 radical (unpaired) electrons. The molecule has 0 N–H and O–H groups in total. The minimum atomic E-state index is 0.0442. The average Bonchev–Trinajstić information content (AvgIpc) is 3.31. The lowest BCUT2D eigenvalue weighted by atomic mass is 9.82. The summed E-state index contributed by atoms with van der Waals surface area (Å²) in [5, 5.41) is 5.15. The third-order valence-electron chi connectivity index (χ3n) is 5.97. The van der Waals surface area contributed by atoms with E-state index in [1.807, 2.05) is 22.7 Å². The molecule has 0 saturated heterocycles. The number of aryl methyl sites for hydroxylation is 1. The highest BCUT2D eigenvalue weighted by Gasteiger charge is 2.21. The van der Waals surface area contributed by atoms with E-state index in [0.29, 0.717) is 0 Å². The number of thiophene rings is 2. The summed E-state index contributed by atoms with van der Waals surface area (Å²) >= 11 is 3.66. The van der Waals surface area contributed by atoms with Crippen molar-refractivity contribution in [1.82, 2.24) is 9.97 Å². The summed E-state index contributed by atoms with van der Waals surface area (Å²) in [6.07, 6.45) is 1.73. The monoisotopic (exact) mass is 438 g/mol. The second-order valence-electron chi connectivity index (χ2n) is 9.21. The predicted molar refractivity (Wildman–Crippen MR) is 137 cm³/mol. The van der Waals surface area contributed by atoms with Gasteiger partial charge in [0.25, 0.3) is 0 Å². The molecule has 0 amide bonds. The predicted octanol–water partition coefficient (Wildman–Crippen LogP) is 8.49. The molecule has 0 atom stereocenters. The van der Waals surface area contributed by atoms with Crippen LogP contribution in [0.3, 0.4) is 0 Å². The van der Waals surface area contributed by atoms with Crippen LogP contribution in [0.4, 0.5) is 0 Å². The Kier molecular flexibility index (Phi) is 4.02. The molecule has 0 aliphatic rings. The van der Waals surface area contributed by atoms with Crippen molar-refractivity contribution in [2.75, 3.05) is 0 Å². The van der Waals surface area contributed by atoms with Crippen LogP contribution in [-0.2, 0) is 5.41 Å². The third-order valence-corrected chi connectivity index (χ3v) is 8.20. The molecule has 3 aromatic carbocycles. The summed E-state index contributed by atoms with van der Waals surface area (Å²) in [5.41, 5.74) is 4.67. The van der Waals surface area contributed by atoms with Gasteiger partial charge in [-0.1, -0.05) is 51.1 Å². The first-order chi connectivity index (χ1) is 14.9. The Morgan fingerprint density at radius 1 is 0.806 bits per heavy atom. The largest absolute Gasteiger partial charge is 0.235 e. The van der Waals surface area contributed by atoms with Crippen molar-refractivity contribution in [1.29, 1.82) is 0 Å². The van der Waals surface area contributed by atoms with Crippen molar-refractivity contribution in [3.63, 3.8) is 0 Å². The number of hydrogen-bond acceptors (Lipinski definition) is 4. The summed E-state index contributed by atoms with van der Waals surface area (Å²) < 4.78 is 3.79. The lowest BCUT2D eigenvalue weighted by Gasteiger charge is -2.22. The molecule has 6 rings (SSSR count). The molecule has 0 aliphatic carbocycles. The summed E-state index contributed by atoms with van der Waals surface area (Å²) in [6, 6.07) is 20.0. The Hall–Kier alpha value is -2.82. The van der Waals surface area contributed by atoms with E-state index in [0.717, 1.165) is 11.2 Å². The molecular weight excluding hydrogens is 416 g/mol. The topological polar surface area (TPSA) is 25.8 Å². The van der Waals surface area contributed by atoms with E-state index < -0.39 is 0 Å². The van der Waals surface area contributed by atoms with Crippen LogP contribution < -0.4 is 0 Å². The smallest absolute Gasteiger partial charge is 0.116 e. The first-order valence-electron chi connectivity index (χ1n) is 10.5. The van der Waals surface area contributed by atoms with Crippen LogP contribution >= 0.6 is 22.7 Å². The minimum Gasteiger partial charge on any atom is -0.235 e. The van der Waals surface area contributed by atoms with Gasteiger partial charge in [-0.05, 0) is 58.3 Å². The Bertz CT molecular complexity index is 1630.